The van der Waals surface area contributed by atoms with Gasteiger partial charge in [-0.15, -0.1) is 0 Å². The SMILES string of the molecule is CCc1ccc(-n2ccccc2=O)cc1. The quantitative estimate of drug-likeness (QED) is 0.728. The zero-order chi connectivity index (χ0) is 10.7. The average molecular weight is 199 g/mol. The molecule has 0 saturated heterocycles. The van der Waals surface area contributed by atoms with Crippen LogP contribution in [0.4, 0.5) is 0 Å². The number of rotatable bonds is 2. The van der Waals surface area contributed by atoms with Gasteiger partial charge in [-0.05, 0) is 30.2 Å². The highest BCUT2D eigenvalue weighted by molar-refractivity contribution is 5.34. The molecule has 1 aromatic heterocycles. The molecule has 0 saturated carbocycles. The number of benzene rings is 1. The van der Waals surface area contributed by atoms with E-state index in [0.717, 1.165) is 12.1 Å². The zero-order valence-corrected chi connectivity index (χ0v) is 8.68. The first kappa shape index (κ1) is 9.71. The molecule has 0 radical (unpaired) electrons. The van der Waals surface area contributed by atoms with E-state index in [1.165, 1.54) is 5.56 Å². The standard InChI is InChI=1S/C13H13NO/c1-2-11-6-8-12(9-7-11)14-10-4-3-5-13(14)15/h3-10H,2H2,1H3. The Kier molecular flexibility index (Phi) is 2.68. The summed E-state index contributed by atoms with van der Waals surface area (Å²) in [5.74, 6) is 0. The van der Waals surface area contributed by atoms with Crippen molar-refractivity contribution in [2.75, 3.05) is 0 Å². The van der Waals surface area contributed by atoms with Gasteiger partial charge in [-0.25, -0.2) is 0 Å². The Labute approximate surface area is 88.8 Å². The molecule has 0 aliphatic carbocycles. The lowest BCUT2D eigenvalue weighted by Gasteiger charge is -2.05. The van der Waals surface area contributed by atoms with Gasteiger partial charge in [-0.1, -0.05) is 25.1 Å². The van der Waals surface area contributed by atoms with Crippen molar-refractivity contribution in [1.82, 2.24) is 4.57 Å². The van der Waals surface area contributed by atoms with Crippen LogP contribution in [0.2, 0.25) is 0 Å². The second kappa shape index (κ2) is 4.13. The van der Waals surface area contributed by atoms with Crippen LogP contribution in [0.3, 0.4) is 0 Å². The van der Waals surface area contributed by atoms with Gasteiger partial charge in [0, 0.05) is 18.0 Å². The molecule has 2 heteroatoms. The topological polar surface area (TPSA) is 22.0 Å². The van der Waals surface area contributed by atoms with Crippen LogP contribution in [0, 0.1) is 0 Å². The third-order valence-corrected chi connectivity index (χ3v) is 2.45. The molecule has 76 valence electrons. The number of hydrogen-bond acceptors (Lipinski definition) is 1. The van der Waals surface area contributed by atoms with Crippen LogP contribution in [0.25, 0.3) is 5.69 Å². The van der Waals surface area contributed by atoms with Crippen molar-refractivity contribution in [3.63, 3.8) is 0 Å². The first-order chi connectivity index (χ1) is 7.31. The van der Waals surface area contributed by atoms with Crippen molar-refractivity contribution in [3.8, 4) is 5.69 Å². The fourth-order valence-corrected chi connectivity index (χ4v) is 1.53. The molecule has 0 N–H and O–H groups in total. The van der Waals surface area contributed by atoms with E-state index in [1.54, 1.807) is 22.9 Å². The minimum absolute atomic E-state index is 0.00162. The molecule has 2 nitrogen and oxygen atoms in total. The largest absolute Gasteiger partial charge is 0.284 e. The van der Waals surface area contributed by atoms with E-state index in [1.807, 2.05) is 18.2 Å². The van der Waals surface area contributed by atoms with Crippen LogP contribution in [0.5, 0.6) is 0 Å². The highest BCUT2D eigenvalue weighted by Gasteiger charge is 1.97. The van der Waals surface area contributed by atoms with Gasteiger partial charge in [0.15, 0.2) is 0 Å². The second-order valence-corrected chi connectivity index (χ2v) is 3.43. The first-order valence-corrected chi connectivity index (χ1v) is 5.08. The van der Waals surface area contributed by atoms with E-state index in [2.05, 4.69) is 19.1 Å². The fourth-order valence-electron chi connectivity index (χ4n) is 1.53. The summed E-state index contributed by atoms with van der Waals surface area (Å²) in [5.41, 5.74) is 2.20. The monoisotopic (exact) mass is 199 g/mol. The Morgan fingerprint density at radius 3 is 2.40 bits per heavy atom. The van der Waals surface area contributed by atoms with Crippen LogP contribution < -0.4 is 5.56 Å². The molecular weight excluding hydrogens is 186 g/mol. The molecule has 2 rings (SSSR count). The Bertz CT molecular complexity index is 496. The summed E-state index contributed by atoms with van der Waals surface area (Å²) in [5, 5.41) is 0. The summed E-state index contributed by atoms with van der Waals surface area (Å²) in [4.78, 5) is 11.5. The van der Waals surface area contributed by atoms with E-state index in [4.69, 9.17) is 0 Å². The zero-order valence-electron chi connectivity index (χ0n) is 8.68. The van der Waals surface area contributed by atoms with Gasteiger partial charge >= 0.3 is 0 Å². The summed E-state index contributed by atoms with van der Waals surface area (Å²) >= 11 is 0. The number of aryl methyl sites for hydroxylation is 1. The summed E-state index contributed by atoms with van der Waals surface area (Å²) in [6.07, 6.45) is 2.80. The van der Waals surface area contributed by atoms with Crippen molar-refractivity contribution < 1.29 is 0 Å². The fraction of sp³-hybridized carbons (Fsp3) is 0.154. The van der Waals surface area contributed by atoms with Gasteiger partial charge in [0.05, 0.1) is 0 Å². The van der Waals surface area contributed by atoms with E-state index < -0.39 is 0 Å². The Morgan fingerprint density at radius 2 is 1.80 bits per heavy atom. The van der Waals surface area contributed by atoms with Crippen LogP contribution in [-0.2, 0) is 6.42 Å². The Hall–Kier alpha value is -1.83. The lowest BCUT2D eigenvalue weighted by Crippen LogP contribution is -2.15. The molecule has 0 aliphatic heterocycles. The van der Waals surface area contributed by atoms with Crippen molar-refractivity contribution in [1.29, 1.82) is 0 Å². The van der Waals surface area contributed by atoms with E-state index in [0.29, 0.717) is 0 Å². The van der Waals surface area contributed by atoms with E-state index >= 15 is 0 Å². The maximum atomic E-state index is 11.5. The molecular formula is C13H13NO. The Morgan fingerprint density at radius 1 is 1.07 bits per heavy atom. The number of aromatic nitrogens is 1. The molecule has 0 aliphatic rings. The highest BCUT2D eigenvalue weighted by Crippen LogP contribution is 2.07. The molecule has 0 unspecified atom stereocenters. The van der Waals surface area contributed by atoms with Gasteiger partial charge in [0.1, 0.15) is 0 Å². The summed E-state index contributed by atoms with van der Waals surface area (Å²) in [6, 6.07) is 13.2. The molecule has 0 fully saturated rings. The van der Waals surface area contributed by atoms with Crippen molar-refractivity contribution >= 4 is 0 Å². The van der Waals surface area contributed by atoms with Crippen molar-refractivity contribution in [3.05, 3.63) is 64.6 Å². The van der Waals surface area contributed by atoms with Crippen LogP contribution in [0.1, 0.15) is 12.5 Å². The molecule has 0 amide bonds. The average Bonchev–Trinajstić information content (AvgIpc) is 2.30. The van der Waals surface area contributed by atoms with E-state index in [-0.39, 0.29) is 5.56 Å². The van der Waals surface area contributed by atoms with Crippen molar-refractivity contribution in [2.24, 2.45) is 0 Å². The number of hydrogen-bond donors (Lipinski definition) is 0. The number of nitrogens with zero attached hydrogens (tertiary/aromatic N) is 1. The summed E-state index contributed by atoms with van der Waals surface area (Å²) in [7, 11) is 0. The minimum atomic E-state index is 0.00162. The second-order valence-electron chi connectivity index (χ2n) is 3.43. The van der Waals surface area contributed by atoms with Crippen LogP contribution >= 0.6 is 0 Å². The molecule has 0 bridgehead atoms. The maximum Gasteiger partial charge on any atom is 0.255 e. The molecule has 15 heavy (non-hydrogen) atoms. The third-order valence-electron chi connectivity index (χ3n) is 2.45. The Balaban J connectivity index is 2.46. The smallest absolute Gasteiger partial charge is 0.255 e. The maximum absolute atomic E-state index is 11.5. The minimum Gasteiger partial charge on any atom is -0.284 e. The van der Waals surface area contributed by atoms with Gasteiger partial charge in [-0.3, -0.25) is 9.36 Å². The molecule has 0 atom stereocenters. The predicted octanol–water partition coefficient (Wildman–Crippen LogP) is 2.40. The predicted molar refractivity (Wildman–Crippen MR) is 61.4 cm³/mol. The lowest BCUT2D eigenvalue weighted by atomic mass is 10.1. The summed E-state index contributed by atoms with van der Waals surface area (Å²) < 4.78 is 1.64. The van der Waals surface area contributed by atoms with Gasteiger partial charge < -0.3 is 0 Å². The van der Waals surface area contributed by atoms with E-state index in [9.17, 15) is 4.79 Å². The third kappa shape index (κ3) is 1.99. The molecule has 1 aromatic carbocycles. The molecule has 0 spiro atoms. The van der Waals surface area contributed by atoms with Crippen molar-refractivity contribution in [2.45, 2.75) is 13.3 Å². The van der Waals surface area contributed by atoms with Crippen LogP contribution in [-0.4, -0.2) is 4.57 Å². The van der Waals surface area contributed by atoms with Gasteiger partial charge in [0.2, 0.25) is 0 Å². The van der Waals surface area contributed by atoms with Crippen LogP contribution in [0.15, 0.2) is 53.5 Å². The highest BCUT2D eigenvalue weighted by atomic mass is 16.1. The number of pyridine rings is 1. The normalized spacial score (nSPS) is 10.2. The van der Waals surface area contributed by atoms with Gasteiger partial charge in [-0.2, -0.15) is 0 Å². The summed E-state index contributed by atoms with van der Waals surface area (Å²) in [6.45, 7) is 2.11. The lowest BCUT2D eigenvalue weighted by molar-refractivity contribution is 0.986. The molecule has 2 aromatic rings. The molecule has 1 heterocycles. The first-order valence-electron chi connectivity index (χ1n) is 5.08. The van der Waals surface area contributed by atoms with Gasteiger partial charge in [0.25, 0.3) is 5.56 Å².